The summed E-state index contributed by atoms with van der Waals surface area (Å²) in [4.78, 5) is 12.0. The molecular formula is C22H34N4O2S. The lowest BCUT2D eigenvalue weighted by molar-refractivity contribution is 0.00990. The van der Waals surface area contributed by atoms with E-state index < -0.39 is 0 Å². The number of nitrogens with zero attached hydrogens (tertiary/aromatic N) is 3. The van der Waals surface area contributed by atoms with Crippen molar-refractivity contribution in [2.75, 3.05) is 46.5 Å². The summed E-state index contributed by atoms with van der Waals surface area (Å²) in [6.45, 7) is 7.40. The van der Waals surface area contributed by atoms with Gasteiger partial charge in [-0.2, -0.15) is 0 Å². The Kier molecular flexibility index (Phi) is 9.18. The third-order valence-corrected chi connectivity index (χ3v) is 6.17. The van der Waals surface area contributed by atoms with E-state index in [4.69, 9.17) is 19.5 Å². The van der Waals surface area contributed by atoms with Gasteiger partial charge in [0.1, 0.15) is 0 Å². The Balaban J connectivity index is 1.42. The first-order valence-electron chi connectivity index (χ1n) is 10.8. The highest BCUT2D eigenvalue weighted by molar-refractivity contribution is 7.18. The summed E-state index contributed by atoms with van der Waals surface area (Å²) in [6, 6.07) is 8.35. The summed E-state index contributed by atoms with van der Waals surface area (Å²) in [5.74, 6) is 1.04. The highest BCUT2D eigenvalue weighted by Gasteiger charge is 2.21. The van der Waals surface area contributed by atoms with Gasteiger partial charge >= 0.3 is 0 Å². The number of likely N-dealkylation sites (tertiary alicyclic amines) is 1. The first-order chi connectivity index (χ1) is 14.3. The number of piperidine rings is 1. The SMILES string of the molecule is CCNC(=NCCCc1nc2ccccc2s1)N1CCC(OCCCOC)CC1. The van der Waals surface area contributed by atoms with Crippen molar-refractivity contribution >= 4 is 27.5 Å². The molecule has 0 radical (unpaired) electrons. The molecule has 7 heteroatoms. The van der Waals surface area contributed by atoms with Crippen LogP contribution in [-0.2, 0) is 15.9 Å². The molecule has 1 aromatic heterocycles. The number of hydrogen-bond acceptors (Lipinski definition) is 5. The molecule has 1 aliphatic rings. The first-order valence-corrected chi connectivity index (χ1v) is 11.6. The van der Waals surface area contributed by atoms with Crippen LogP contribution in [0.15, 0.2) is 29.3 Å². The van der Waals surface area contributed by atoms with E-state index in [9.17, 15) is 0 Å². The molecular weight excluding hydrogens is 384 g/mol. The number of hydrogen-bond donors (Lipinski definition) is 1. The number of methoxy groups -OCH3 is 1. The second kappa shape index (κ2) is 12.1. The van der Waals surface area contributed by atoms with E-state index in [2.05, 4.69) is 35.3 Å². The largest absolute Gasteiger partial charge is 0.385 e. The smallest absolute Gasteiger partial charge is 0.193 e. The molecule has 2 heterocycles. The molecule has 0 amide bonds. The lowest BCUT2D eigenvalue weighted by Crippen LogP contribution is -2.47. The third kappa shape index (κ3) is 6.94. The van der Waals surface area contributed by atoms with Crippen molar-refractivity contribution in [1.82, 2.24) is 15.2 Å². The van der Waals surface area contributed by atoms with E-state index in [1.165, 1.54) is 9.71 Å². The van der Waals surface area contributed by atoms with Gasteiger partial charge in [0, 0.05) is 52.9 Å². The van der Waals surface area contributed by atoms with E-state index in [1.54, 1.807) is 18.4 Å². The summed E-state index contributed by atoms with van der Waals surface area (Å²) < 4.78 is 12.3. The van der Waals surface area contributed by atoms with Crippen LogP contribution in [0.4, 0.5) is 0 Å². The van der Waals surface area contributed by atoms with Crippen LogP contribution in [0.25, 0.3) is 10.2 Å². The molecule has 0 bridgehead atoms. The van der Waals surface area contributed by atoms with E-state index in [0.717, 1.165) is 83.0 Å². The Labute approximate surface area is 178 Å². The van der Waals surface area contributed by atoms with E-state index in [1.807, 2.05) is 6.07 Å². The van der Waals surface area contributed by atoms with Gasteiger partial charge in [-0.05, 0) is 44.7 Å². The zero-order valence-electron chi connectivity index (χ0n) is 17.7. The number of rotatable bonds is 10. The van der Waals surface area contributed by atoms with Gasteiger partial charge in [-0.25, -0.2) is 4.98 Å². The van der Waals surface area contributed by atoms with Gasteiger partial charge in [0.05, 0.1) is 21.3 Å². The monoisotopic (exact) mass is 418 g/mol. The zero-order valence-corrected chi connectivity index (χ0v) is 18.5. The Hall–Kier alpha value is -1.70. The van der Waals surface area contributed by atoms with Crippen molar-refractivity contribution in [2.45, 2.75) is 45.1 Å². The number of nitrogens with one attached hydrogen (secondary N) is 1. The second-order valence-electron chi connectivity index (χ2n) is 7.32. The molecule has 6 nitrogen and oxygen atoms in total. The number of aryl methyl sites for hydroxylation is 1. The minimum absolute atomic E-state index is 0.366. The summed E-state index contributed by atoms with van der Waals surface area (Å²) in [6.07, 6.45) is 5.46. The van der Waals surface area contributed by atoms with Crippen LogP contribution in [0.3, 0.4) is 0 Å². The summed E-state index contributed by atoms with van der Waals surface area (Å²) in [7, 11) is 1.74. The number of aliphatic imine (C=N–C) groups is 1. The molecule has 0 aliphatic carbocycles. The summed E-state index contributed by atoms with van der Waals surface area (Å²) >= 11 is 1.80. The number of ether oxygens (including phenoxy) is 2. The minimum Gasteiger partial charge on any atom is -0.385 e. The molecule has 0 unspecified atom stereocenters. The average molecular weight is 419 g/mol. The van der Waals surface area contributed by atoms with Gasteiger partial charge < -0.3 is 19.7 Å². The Morgan fingerprint density at radius 2 is 2.07 bits per heavy atom. The van der Waals surface area contributed by atoms with E-state index >= 15 is 0 Å². The Bertz CT molecular complexity index is 723. The lowest BCUT2D eigenvalue weighted by Gasteiger charge is -2.34. The number of guanidine groups is 1. The summed E-state index contributed by atoms with van der Waals surface area (Å²) in [5.41, 5.74) is 1.11. The predicted molar refractivity (Wildman–Crippen MR) is 121 cm³/mol. The molecule has 1 aliphatic heterocycles. The maximum absolute atomic E-state index is 5.97. The molecule has 3 rings (SSSR count). The average Bonchev–Trinajstić information content (AvgIpc) is 3.17. The topological polar surface area (TPSA) is 59.0 Å². The first kappa shape index (κ1) is 22.0. The molecule has 0 atom stereocenters. The minimum atomic E-state index is 0.366. The number of para-hydroxylation sites is 1. The normalized spacial score (nSPS) is 15.9. The van der Waals surface area contributed by atoms with Gasteiger partial charge in [0.15, 0.2) is 5.96 Å². The third-order valence-electron chi connectivity index (χ3n) is 5.07. The van der Waals surface area contributed by atoms with Crippen LogP contribution in [-0.4, -0.2) is 68.4 Å². The van der Waals surface area contributed by atoms with Crippen LogP contribution < -0.4 is 5.32 Å². The second-order valence-corrected chi connectivity index (χ2v) is 8.43. The predicted octanol–water partition coefficient (Wildman–Crippen LogP) is 3.71. The van der Waals surface area contributed by atoms with E-state index in [0.29, 0.717) is 6.10 Å². The molecule has 1 N–H and O–H groups in total. The molecule has 0 spiro atoms. The van der Waals surface area contributed by atoms with Crippen molar-refractivity contribution in [2.24, 2.45) is 4.99 Å². The molecule has 1 aromatic carbocycles. The van der Waals surface area contributed by atoms with Gasteiger partial charge in [-0.3, -0.25) is 4.99 Å². The number of thiazole rings is 1. The quantitative estimate of drug-likeness (QED) is 0.362. The fourth-order valence-corrected chi connectivity index (χ4v) is 4.56. The molecule has 160 valence electrons. The molecule has 1 fully saturated rings. The molecule has 1 saturated heterocycles. The number of aromatic nitrogens is 1. The lowest BCUT2D eigenvalue weighted by atomic mass is 10.1. The molecule has 2 aromatic rings. The fourth-order valence-electron chi connectivity index (χ4n) is 3.56. The maximum Gasteiger partial charge on any atom is 0.193 e. The summed E-state index contributed by atoms with van der Waals surface area (Å²) in [5, 5.41) is 4.66. The van der Waals surface area contributed by atoms with Crippen LogP contribution in [0.2, 0.25) is 0 Å². The van der Waals surface area contributed by atoms with Gasteiger partial charge in [0.2, 0.25) is 0 Å². The van der Waals surface area contributed by atoms with Gasteiger partial charge in [-0.1, -0.05) is 12.1 Å². The Morgan fingerprint density at radius 1 is 1.24 bits per heavy atom. The number of fused-ring (bicyclic) bond motifs is 1. The van der Waals surface area contributed by atoms with Crippen molar-refractivity contribution in [3.8, 4) is 0 Å². The van der Waals surface area contributed by atoms with Crippen LogP contribution >= 0.6 is 11.3 Å². The fraction of sp³-hybridized carbons (Fsp3) is 0.636. The molecule has 0 saturated carbocycles. The van der Waals surface area contributed by atoms with Gasteiger partial charge in [0.25, 0.3) is 0 Å². The van der Waals surface area contributed by atoms with Gasteiger partial charge in [-0.15, -0.1) is 11.3 Å². The van der Waals surface area contributed by atoms with Crippen molar-refractivity contribution in [3.63, 3.8) is 0 Å². The van der Waals surface area contributed by atoms with Crippen LogP contribution in [0.1, 0.15) is 37.6 Å². The standard InChI is InChI=1S/C22H34N4O2S/c1-3-23-22(26-14-11-18(12-15-26)28-17-7-16-27-2)24-13-6-10-21-25-19-8-4-5-9-20(19)29-21/h4-5,8-9,18H,3,6-7,10-17H2,1-2H3,(H,23,24). The highest BCUT2D eigenvalue weighted by Crippen LogP contribution is 2.22. The van der Waals surface area contributed by atoms with Crippen LogP contribution in [0.5, 0.6) is 0 Å². The van der Waals surface area contributed by atoms with E-state index in [-0.39, 0.29) is 0 Å². The van der Waals surface area contributed by atoms with Crippen molar-refractivity contribution in [1.29, 1.82) is 0 Å². The van der Waals surface area contributed by atoms with Crippen molar-refractivity contribution in [3.05, 3.63) is 29.3 Å². The molecule has 29 heavy (non-hydrogen) atoms. The number of benzene rings is 1. The van der Waals surface area contributed by atoms with Crippen LogP contribution in [0, 0.1) is 0 Å². The van der Waals surface area contributed by atoms with Crippen molar-refractivity contribution < 1.29 is 9.47 Å². The Morgan fingerprint density at radius 3 is 2.83 bits per heavy atom. The highest BCUT2D eigenvalue weighted by atomic mass is 32.1. The maximum atomic E-state index is 5.97. The zero-order chi connectivity index (χ0) is 20.3.